The lowest BCUT2D eigenvalue weighted by molar-refractivity contribution is -0.174. The van der Waals surface area contributed by atoms with Crippen LogP contribution in [0, 0.1) is 5.92 Å². The van der Waals surface area contributed by atoms with Crippen LogP contribution in [0.15, 0.2) is 24.3 Å². The number of imide groups is 1. The number of piperidine rings is 1. The molecule has 1 atom stereocenters. The minimum atomic E-state index is -0.690. The number of fused-ring (bicyclic) bond motifs is 1. The van der Waals surface area contributed by atoms with E-state index >= 15 is 0 Å². The van der Waals surface area contributed by atoms with E-state index in [0.717, 1.165) is 0 Å². The molecule has 3 rings (SSSR count). The first-order valence-corrected chi connectivity index (χ1v) is 6.54. The van der Waals surface area contributed by atoms with Gasteiger partial charge in [-0.25, -0.2) is 4.79 Å². The summed E-state index contributed by atoms with van der Waals surface area (Å²) in [6.07, 6.45) is 0.565. The predicted molar refractivity (Wildman–Crippen MR) is 68.8 cm³/mol. The molecule has 1 unspecified atom stereocenters. The standard InChI is InChI=1S/C14H12N2O5/c17-11-6-5-8(7-15-11)14(20)21-16-12(18)9-3-1-2-4-10(9)13(16)19/h1-4,8H,5-7H2,(H,15,17). The van der Waals surface area contributed by atoms with Crippen molar-refractivity contribution in [3.05, 3.63) is 35.4 Å². The molecule has 1 N–H and O–H groups in total. The van der Waals surface area contributed by atoms with Gasteiger partial charge in [0.1, 0.15) is 0 Å². The van der Waals surface area contributed by atoms with Crippen molar-refractivity contribution in [1.29, 1.82) is 0 Å². The van der Waals surface area contributed by atoms with Crippen molar-refractivity contribution >= 4 is 23.7 Å². The van der Waals surface area contributed by atoms with Crippen LogP contribution in [0.2, 0.25) is 0 Å². The lowest BCUT2D eigenvalue weighted by Crippen LogP contribution is -2.42. The molecule has 1 fully saturated rings. The van der Waals surface area contributed by atoms with Gasteiger partial charge in [0, 0.05) is 13.0 Å². The summed E-state index contributed by atoms with van der Waals surface area (Å²) < 4.78 is 0. The molecule has 7 heteroatoms. The van der Waals surface area contributed by atoms with E-state index < -0.39 is 23.7 Å². The SMILES string of the molecule is O=C1CCC(C(=O)ON2C(=O)c3ccccc3C2=O)CN1. The van der Waals surface area contributed by atoms with Crippen molar-refractivity contribution in [3.63, 3.8) is 0 Å². The van der Waals surface area contributed by atoms with Gasteiger partial charge < -0.3 is 10.2 Å². The minimum Gasteiger partial charge on any atom is -0.355 e. The fourth-order valence-electron chi connectivity index (χ4n) is 2.35. The van der Waals surface area contributed by atoms with Crippen LogP contribution in [-0.4, -0.2) is 35.3 Å². The normalized spacial score (nSPS) is 21.0. The summed E-state index contributed by atoms with van der Waals surface area (Å²) in [6.45, 7) is 0.154. The van der Waals surface area contributed by atoms with Gasteiger partial charge in [-0.3, -0.25) is 14.4 Å². The van der Waals surface area contributed by atoms with Crippen molar-refractivity contribution in [2.24, 2.45) is 5.92 Å². The highest BCUT2D eigenvalue weighted by molar-refractivity contribution is 6.20. The first kappa shape index (κ1) is 13.3. The van der Waals surface area contributed by atoms with Crippen molar-refractivity contribution in [3.8, 4) is 0 Å². The number of amides is 3. The number of carbonyl (C=O) groups excluding carboxylic acids is 4. The Morgan fingerprint density at radius 3 is 2.29 bits per heavy atom. The second-order valence-electron chi connectivity index (χ2n) is 4.90. The van der Waals surface area contributed by atoms with Crippen molar-refractivity contribution in [1.82, 2.24) is 10.4 Å². The van der Waals surface area contributed by atoms with Gasteiger partial charge in [0.05, 0.1) is 17.0 Å². The number of carbonyl (C=O) groups is 4. The highest BCUT2D eigenvalue weighted by atomic mass is 16.7. The van der Waals surface area contributed by atoms with Crippen LogP contribution in [0.3, 0.4) is 0 Å². The van der Waals surface area contributed by atoms with Crippen molar-refractivity contribution < 1.29 is 24.0 Å². The van der Waals surface area contributed by atoms with Crippen molar-refractivity contribution in [2.45, 2.75) is 12.8 Å². The molecule has 1 aromatic carbocycles. The van der Waals surface area contributed by atoms with Crippen LogP contribution in [0.1, 0.15) is 33.6 Å². The highest BCUT2D eigenvalue weighted by Gasteiger charge is 2.40. The van der Waals surface area contributed by atoms with Crippen LogP contribution in [0.4, 0.5) is 0 Å². The van der Waals surface area contributed by atoms with E-state index in [4.69, 9.17) is 4.84 Å². The smallest absolute Gasteiger partial charge is 0.338 e. The molecular formula is C14H12N2O5. The van der Waals surface area contributed by atoms with Gasteiger partial charge in [0.2, 0.25) is 5.91 Å². The zero-order chi connectivity index (χ0) is 15.0. The molecule has 0 saturated carbocycles. The predicted octanol–water partition coefficient (Wildman–Crippen LogP) is 0.267. The Hall–Kier alpha value is -2.70. The van der Waals surface area contributed by atoms with Crippen molar-refractivity contribution in [2.75, 3.05) is 6.54 Å². The van der Waals surface area contributed by atoms with Crippen LogP contribution < -0.4 is 5.32 Å². The third-order valence-electron chi connectivity index (χ3n) is 3.54. The van der Waals surface area contributed by atoms with E-state index in [9.17, 15) is 19.2 Å². The van der Waals surface area contributed by atoms with E-state index in [-0.39, 0.29) is 30.0 Å². The molecule has 2 aliphatic rings. The molecule has 3 amide bonds. The molecule has 0 spiro atoms. The molecular weight excluding hydrogens is 276 g/mol. The molecule has 1 saturated heterocycles. The number of hydroxylamine groups is 2. The van der Waals surface area contributed by atoms with Crippen LogP contribution in [0.5, 0.6) is 0 Å². The Bertz CT molecular complexity index is 610. The fourth-order valence-corrected chi connectivity index (χ4v) is 2.35. The second kappa shape index (κ2) is 5.01. The summed E-state index contributed by atoms with van der Waals surface area (Å²) in [5.74, 6) is -2.66. The van der Waals surface area contributed by atoms with Crippen LogP contribution in [0.25, 0.3) is 0 Å². The average Bonchev–Trinajstić information content (AvgIpc) is 2.73. The second-order valence-corrected chi connectivity index (χ2v) is 4.90. The molecule has 108 valence electrons. The van der Waals surface area contributed by atoms with E-state index in [1.165, 1.54) is 12.1 Å². The number of nitrogens with zero attached hydrogens (tertiary/aromatic N) is 1. The molecule has 7 nitrogen and oxygen atoms in total. The topological polar surface area (TPSA) is 92.8 Å². The summed E-state index contributed by atoms with van der Waals surface area (Å²) in [6, 6.07) is 6.27. The summed E-state index contributed by atoms with van der Waals surface area (Å²) in [5, 5.41) is 3.04. The van der Waals surface area contributed by atoms with E-state index in [2.05, 4.69) is 5.32 Å². The maximum atomic E-state index is 12.0. The Morgan fingerprint density at radius 1 is 1.14 bits per heavy atom. The lowest BCUT2D eigenvalue weighted by atomic mass is 10.00. The van der Waals surface area contributed by atoms with Gasteiger partial charge in [0.25, 0.3) is 11.8 Å². The van der Waals surface area contributed by atoms with Gasteiger partial charge in [-0.1, -0.05) is 17.2 Å². The largest absolute Gasteiger partial charge is 0.355 e. The highest BCUT2D eigenvalue weighted by Crippen LogP contribution is 2.24. The zero-order valence-corrected chi connectivity index (χ0v) is 11.0. The number of rotatable bonds is 2. The molecule has 21 heavy (non-hydrogen) atoms. The summed E-state index contributed by atoms with van der Waals surface area (Å²) >= 11 is 0. The van der Waals surface area contributed by atoms with E-state index in [1.54, 1.807) is 12.1 Å². The van der Waals surface area contributed by atoms with Crippen LogP contribution >= 0.6 is 0 Å². The molecule has 2 heterocycles. The maximum Gasteiger partial charge on any atom is 0.338 e. The summed E-state index contributed by atoms with van der Waals surface area (Å²) in [4.78, 5) is 52.0. The Labute approximate surface area is 119 Å². The Balaban J connectivity index is 1.72. The molecule has 0 aromatic heterocycles. The third-order valence-corrected chi connectivity index (χ3v) is 3.54. The van der Waals surface area contributed by atoms with Gasteiger partial charge in [-0.2, -0.15) is 0 Å². The number of benzene rings is 1. The maximum absolute atomic E-state index is 12.0. The quantitative estimate of drug-likeness (QED) is 0.788. The number of hydrogen-bond acceptors (Lipinski definition) is 5. The Morgan fingerprint density at radius 2 is 1.76 bits per heavy atom. The van der Waals surface area contributed by atoms with Gasteiger partial charge in [0.15, 0.2) is 0 Å². The molecule has 0 aliphatic carbocycles. The number of hydrogen-bond donors (Lipinski definition) is 1. The first-order chi connectivity index (χ1) is 10.1. The first-order valence-electron chi connectivity index (χ1n) is 6.54. The zero-order valence-electron chi connectivity index (χ0n) is 11.0. The monoisotopic (exact) mass is 288 g/mol. The van der Waals surface area contributed by atoms with Gasteiger partial charge >= 0.3 is 5.97 Å². The molecule has 0 radical (unpaired) electrons. The molecule has 1 aromatic rings. The van der Waals surface area contributed by atoms with E-state index in [0.29, 0.717) is 11.5 Å². The van der Waals surface area contributed by atoms with E-state index in [1.807, 2.05) is 0 Å². The lowest BCUT2D eigenvalue weighted by Gasteiger charge is -2.22. The van der Waals surface area contributed by atoms with Crippen LogP contribution in [-0.2, 0) is 14.4 Å². The van der Waals surface area contributed by atoms with Gasteiger partial charge in [-0.05, 0) is 18.6 Å². The average molecular weight is 288 g/mol. The molecule has 0 bridgehead atoms. The Kier molecular flexibility index (Phi) is 3.17. The fraction of sp³-hybridized carbons (Fsp3) is 0.286. The minimum absolute atomic E-state index is 0.125. The third kappa shape index (κ3) is 2.26. The van der Waals surface area contributed by atoms with Gasteiger partial charge in [-0.15, -0.1) is 0 Å². The summed E-state index contributed by atoms with van der Waals surface area (Å²) in [7, 11) is 0. The molecule has 2 aliphatic heterocycles. The summed E-state index contributed by atoms with van der Waals surface area (Å²) in [5.41, 5.74) is 0.430. The number of nitrogens with one attached hydrogen (secondary N) is 1.